The van der Waals surface area contributed by atoms with Crippen molar-refractivity contribution in [3.63, 3.8) is 0 Å². The Bertz CT molecular complexity index is 832. The average molecular weight is 373 g/mol. The summed E-state index contributed by atoms with van der Waals surface area (Å²) in [5.74, 6) is -1.61. The highest BCUT2D eigenvalue weighted by atomic mass is 19.1. The Kier molecular flexibility index (Phi) is 4.41. The Morgan fingerprint density at radius 2 is 1.85 bits per heavy atom. The lowest BCUT2D eigenvalue weighted by Gasteiger charge is -2.30. The van der Waals surface area contributed by atoms with Gasteiger partial charge >= 0.3 is 0 Å². The molecule has 1 aromatic rings. The number of fused-ring (bicyclic) bond motifs is 1. The molecule has 4 rings (SSSR count). The number of imide groups is 1. The van der Waals surface area contributed by atoms with Crippen molar-refractivity contribution in [3.8, 4) is 0 Å². The maximum atomic E-state index is 15.2. The summed E-state index contributed by atoms with van der Waals surface area (Å²) in [5, 5.41) is 2.24. The van der Waals surface area contributed by atoms with E-state index in [9.17, 15) is 19.2 Å². The Balaban J connectivity index is 1.57. The molecule has 0 radical (unpaired) electrons. The van der Waals surface area contributed by atoms with Crippen LogP contribution >= 0.6 is 0 Å². The van der Waals surface area contributed by atoms with Gasteiger partial charge in [-0.15, -0.1) is 0 Å². The molecule has 1 atom stereocenters. The van der Waals surface area contributed by atoms with Crippen LogP contribution in [-0.2, 0) is 20.9 Å². The van der Waals surface area contributed by atoms with Crippen LogP contribution in [0, 0.1) is 5.82 Å². The lowest BCUT2D eigenvalue weighted by molar-refractivity contribution is -0.137. The lowest BCUT2D eigenvalue weighted by Crippen LogP contribution is -2.52. The normalized spacial score (nSPS) is 23.4. The van der Waals surface area contributed by atoms with Crippen LogP contribution in [0.25, 0.3) is 0 Å². The van der Waals surface area contributed by atoms with Gasteiger partial charge in [0.25, 0.3) is 5.91 Å². The van der Waals surface area contributed by atoms with E-state index in [1.54, 1.807) is 17.0 Å². The summed E-state index contributed by atoms with van der Waals surface area (Å²) >= 11 is 0. The molecule has 3 aliphatic rings. The van der Waals surface area contributed by atoms with Crippen molar-refractivity contribution in [1.29, 1.82) is 0 Å². The van der Waals surface area contributed by atoms with Crippen LogP contribution in [0.15, 0.2) is 12.1 Å². The van der Waals surface area contributed by atoms with Crippen molar-refractivity contribution in [1.82, 2.24) is 15.1 Å². The van der Waals surface area contributed by atoms with Crippen LogP contribution in [0.3, 0.4) is 0 Å². The quantitative estimate of drug-likeness (QED) is 0.631. The first-order valence-electron chi connectivity index (χ1n) is 9.15. The standard InChI is InChI=1S/C19H20FN3O4/c20-17-12(11-5-7-22(10-24)8-6-11)1-2-13-14(17)9-23(19(13)27)15-3-4-16(25)21-18(15)26/h1-2,10-11,15H,3-9H2,(H,21,25,26). The molecular weight excluding hydrogens is 353 g/mol. The molecule has 0 spiro atoms. The van der Waals surface area contributed by atoms with Crippen molar-refractivity contribution in [2.75, 3.05) is 13.1 Å². The maximum absolute atomic E-state index is 15.2. The topological polar surface area (TPSA) is 86.8 Å². The summed E-state index contributed by atoms with van der Waals surface area (Å²) in [7, 11) is 0. The van der Waals surface area contributed by atoms with E-state index in [4.69, 9.17) is 0 Å². The van der Waals surface area contributed by atoms with E-state index in [-0.39, 0.29) is 48.5 Å². The van der Waals surface area contributed by atoms with E-state index in [1.165, 1.54) is 4.90 Å². The lowest BCUT2D eigenvalue weighted by atomic mass is 9.87. The second-order valence-electron chi connectivity index (χ2n) is 7.31. The van der Waals surface area contributed by atoms with Crippen LogP contribution < -0.4 is 5.32 Å². The fourth-order valence-electron chi connectivity index (χ4n) is 4.25. The summed E-state index contributed by atoms with van der Waals surface area (Å²) in [6, 6.07) is 2.54. The van der Waals surface area contributed by atoms with Gasteiger partial charge in [-0.1, -0.05) is 6.07 Å². The van der Waals surface area contributed by atoms with Crippen molar-refractivity contribution in [2.45, 2.75) is 44.2 Å². The molecule has 3 aliphatic heterocycles. The molecule has 4 amide bonds. The third-order valence-electron chi connectivity index (χ3n) is 5.80. The van der Waals surface area contributed by atoms with Crippen LogP contribution in [0.5, 0.6) is 0 Å². The first-order valence-corrected chi connectivity index (χ1v) is 9.15. The first-order chi connectivity index (χ1) is 13.0. The highest BCUT2D eigenvalue weighted by molar-refractivity contribution is 6.05. The van der Waals surface area contributed by atoms with E-state index in [0.717, 1.165) is 6.41 Å². The Morgan fingerprint density at radius 3 is 2.52 bits per heavy atom. The SMILES string of the molecule is O=CN1CCC(c2ccc3c(c2F)CN(C2CCC(=O)NC2=O)C3=O)CC1. The smallest absolute Gasteiger partial charge is 0.255 e. The van der Waals surface area contributed by atoms with Gasteiger partial charge < -0.3 is 9.80 Å². The molecule has 7 nitrogen and oxygen atoms in total. The number of halogens is 1. The predicted octanol–water partition coefficient (Wildman–Crippen LogP) is 0.922. The zero-order chi connectivity index (χ0) is 19.1. The highest BCUT2D eigenvalue weighted by Gasteiger charge is 2.41. The average Bonchev–Trinajstić information content (AvgIpc) is 3.00. The molecule has 2 fully saturated rings. The minimum Gasteiger partial charge on any atom is -0.345 e. The van der Waals surface area contributed by atoms with Gasteiger partial charge in [0.2, 0.25) is 18.2 Å². The number of likely N-dealkylation sites (tertiary alicyclic amines) is 1. The minimum absolute atomic E-state index is 0.00579. The molecule has 27 heavy (non-hydrogen) atoms. The molecule has 0 saturated carbocycles. The van der Waals surface area contributed by atoms with E-state index in [2.05, 4.69) is 5.32 Å². The van der Waals surface area contributed by atoms with Gasteiger partial charge in [-0.2, -0.15) is 0 Å². The molecule has 1 unspecified atom stereocenters. The predicted molar refractivity (Wildman–Crippen MR) is 92.1 cm³/mol. The summed E-state index contributed by atoms with van der Waals surface area (Å²) in [6.07, 6.45) is 2.59. The molecule has 1 N–H and O–H groups in total. The van der Waals surface area contributed by atoms with E-state index >= 15 is 4.39 Å². The molecule has 3 heterocycles. The van der Waals surface area contributed by atoms with Gasteiger partial charge in [-0.25, -0.2) is 4.39 Å². The minimum atomic E-state index is -0.749. The summed E-state index contributed by atoms with van der Waals surface area (Å²) < 4.78 is 15.2. The highest BCUT2D eigenvalue weighted by Crippen LogP contribution is 2.36. The van der Waals surface area contributed by atoms with Crippen LogP contribution in [-0.4, -0.2) is 53.1 Å². The number of carbonyl (C=O) groups is 4. The Hall–Kier alpha value is -2.77. The molecule has 8 heteroatoms. The molecule has 142 valence electrons. The van der Waals surface area contributed by atoms with Crippen molar-refractivity contribution >= 4 is 24.1 Å². The summed E-state index contributed by atoms with van der Waals surface area (Å²) in [4.78, 5) is 50.0. The number of benzene rings is 1. The number of hydrogen-bond acceptors (Lipinski definition) is 4. The number of nitrogens with zero attached hydrogens (tertiary/aromatic N) is 2. The zero-order valence-electron chi connectivity index (χ0n) is 14.7. The number of nitrogens with one attached hydrogen (secondary N) is 1. The number of rotatable bonds is 3. The maximum Gasteiger partial charge on any atom is 0.255 e. The third-order valence-corrected chi connectivity index (χ3v) is 5.80. The fraction of sp³-hybridized carbons (Fsp3) is 0.474. The summed E-state index contributed by atoms with van der Waals surface area (Å²) in [5.41, 5.74) is 1.17. The Labute approximate surface area is 155 Å². The second-order valence-corrected chi connectivity index (χ2v) is 7.31. The number of carbonyl (C=O) groups excluding carboxylic acids is 4. The molecule has 2 saturated heterocycles. The third kappa shape index (κ3) is 2.98. The van der Waals surface area contributed by atoms with E-state index < -0.39 is 11.9 Å². The molecule has 1 aromatic carbocycles. The van der Waals surface area contributed by atoms with Crippen LogP contribution in [0.2, 0.25) is 0 Å². The van der Waals surface area contributed by atoms with Gasteiger partial charge in [-0.3, -0.25) is 24.5 Å². The zero-order valence-corrected chi connectivity index (χ0v) is 14.7. The molecule has 0 bridgehead atoms. The number of amides is 4. The largest absolute Gasteiger partial charge is 0.345 e. The molecule has 0 aromatic heterocycles. The van der Waals surface area contributed by atoms with E-state index in [0.29, 0.717) is 37.1 Å². The van der Waals surface area contributed by atoms with Crippen LogP contribution in [0.1, 0.15) is 53.1 Å². The first kappa shape index (κ1) is 17.6. The van der Waals surface area contributed by atoms with Crippen molar-refractivity contribution in [3.05, 3.63) is 34.6 Å². The summed E-state index contributed by atoms with van der Waals surface area (Å²) in [6.45, 7) is 1.21. The van der Waals surface area contributed by atoms with E-state index in [1.807, 2.05) is 0 Å². The fourth-order valence-corrected chi connectivity index (χ4v) is 4.25. The van der Waals surface area contributed by atoms with Crippen molar-refractivity contribution in [2.24, 2.45) is 0 Å². The molecule has 0 aliphatic carbocycles. The van der Waals surface area contributed by atoms with Crippen molar-refractivity contribution < 1.29 is 23.6 Å². The van der Waals surface area contributed by atoms with Gasteiger partial charge in [-0.05, 0) is 36.8 Å². The van der Waals surface area contributed by atoms with Crippen LogP contribution in [0.4, 0.5) is 4.39 Å². The van der Waals surface area contributed by atoms with Gasteiger partial charge in [0.15, 0.2) is 0 Å². The van der Waals surface area contributed by atoms with Gasteiger partial charge in [0, 0.05) is 30.6 Å². The number of hydrogen-bond donors (Lipinski definition) is 1. The Morgan fingerprint density at radius 1 is 1.11 bits per heavy atom. The van der Waals surface area contributed by atoms with Gasteiger partial charge in [0.1, 0.15) is 11.9 Å². The monoisotopic (exact) mass is 373 g/mol. The number of piperidine rings is 2. The van der Waals surface area contributed by atoms with Gasteiger partial charge in [0.05, 0.1) is 6.54 Å². The second kappa shape index (κ2) is 6.75. The molecular formula is C19H20FN3O4.